The summed E-state index contributed by atoms with van der Waals surface area (Å²) in [6, 6.07) is 8.48. The maximum absolute atomic E-state index is 4.55. The fraction of sp³-hybridized carbons (Fsp3) is 0.462. The standard InChI is InChI=1S/C13H18N2.BrH/c1-11-6-8-12(9-7-11)15-13-5-3-2-4-10-14-13;/h6-9H,2-5,10H2,1H3,(H,14,15);1H/p-1. The predicted octanol–water partition coefficient (Wildman–Crippen LogP) is 0.383. The number of halogens is 1. The average molecular weight is 282 g/mol. The van der Waals surface area contributed by atoms with Crippen LogP contribution in [0.3, 0.4) is 0 Å². The lowest BCUT2D eigenvalue weighted by Gasteiger charge is -2.08. The first-order valence-electron chi connectivity index (χ1n) is 5.71. The summed E-state index contributed by atoms with van der Waals surface area (Å²) in [5.74, 6) is 1.15. The molecule has 1 aliphatic rings. The smallest absolute Gasteiger partial charge is 0.101 e. The lowest BCUT2D eigenvalue weighted by molar-refractivity contribution is -0.00000321. The second-order valence-electron chi connectivity index (χ2n) is 4.13. The van der Waals surface area contributed by atoms with E-state index in [1.165, 1.54) is 24.8 Å². The van der Waals surface area contributed by atoms with Gasteiger partial charge in [-0.15, -0.1) is 0 Å². The molecule has 1 aliphatic heterocycles. The van der Waals surface area contributed by atoms with Gasteiger partial charge in [-0.2, -0.15) is 0 Å². The number of benzene rings is 1. The molecule has 0 saturated carbocycles. The molecule has 1 heterocycles. The summed E-state index contributed by atoms with van der Waals surface area (Å²) in [7, 11) is 0. The van der Waals surface area contributed by atoms with Gasteiger partial charge in [-0.1, -0.05) is 24.1 Å². The molecule has 88 valence electrons. The average Bonchev–Trinajstić information content (AvgIpc) is 2.50. The molecule has 16 heavy (non-hydrogen) atoms. The Morgan fingerprint density at radius 2 is 1.81 bits per heavy atom. The summed E-state index contributed by atoms with van der Waals surface area (Å²) in [5, 5.41) is 3.40. The van der Waals surface area contributed by atoms with Gasteiger partial charge in [0, 0.05) is 18.7 Å². The third kappa shape index (κ3) is 3.97. The Morgan fingerprint density at radius 3 is 2.56 bits per heavy atom. The van der Waals surface area contributed by atoms with E-state index in [1.54, 1.807) is 0 Å². The van der Waals surface area contributed by atoms with Crippen LogP contribution in [0.5, 0.6) is 0 Å². The number of aliphatic imine (C=N–C) groups is 1. The van der Waals surface area contributed by atoms with Crippen molar-refractivity contribution in [3.63, 3.8) is 0 Å². The molecule has 0 aliphatic carbocycles. The van der Waals surface area contributed by atoms with E-state index in [9.17, 15) is 0 Å². The van der Waals surface area contributed by atoms with Crippen LogP contribution in [-0.4, -0.2) is 12.4 Å². The first-order valence-corrected chi connectivity index (χ1v) is 5.71. The Labute approximate surface area is 108 Å². The summed E-state index contributed by atoms with van der Waals surface area (Å²) in [6.45, 7) is 3.08. The van der Waals surface area contributed by atoms with Crippen molar-refractivity contribution in [2.45, 2.75) is 32.6 Å². The van der Waals surface area contributed by atoms with Crippen molar-refractivity contribution in [1.82, 2.24) is 0 Å². The van der Waals surface area contributed by atoms with Crippen LogP contribution in [0.1, 0.15) is 31.2 Å². The van der Waals surface area contributed by atoms with E-state index in [2.05, 4.69) is 41.5 Å². The van der Waals surface area contributed by atoms with Gasteiger partial charge in [-0.3, -0.25) is 4.99 Å². The Kier molecular flexibility index (Phi) is 5.53. The lowest BCUT2D eigenvalue weighted by Crippen LogP contribution is -3.00. The van der Waals surface area contributed by atoms with E-state index >= 15 is 0 Å². The maximum Gasteiger partial charge on any atom is 0.101 e. The zero-order valence-corrected chi connectivity index (χ0v) is 11.3. The minimum Gasteiger partial charge on any atom is -1.00 e. The van der Waals surface area contributed by atoms with Crippen LogP contribution >= 0.6 is 0 Å². The van der Waals surface area contributed by atoms with E-state index in [1.807, 2.05) is 0 Å². The zero-order chi connectivity index (χ0) is 10.5. The molecule has 0 bridgehead atoms. The van der Waals surface area contributed by atoms with E-state index in [0.717, 1.165) is 24.5 Å². The van der Waals surface area contributed by atoms with Gasteiger partial charge in [0.05, 0.1) is 0 Å². The van der Waals surface area contributed by atoms with Crippen LogP contribution in [-0.2, 0) is 0 Å². The molecule has 0 saturated heterocycles. The van der Waals surface area contributed by atoms with Gasteiger partial charge in [0.2, 0.25) is 0 Å². The lowest BCUT2D eigenvalue weighted by atomic mass is 10.2. The SMILES string of the molecule is Cc1ccc(NC2=NCCCCC2)cc1.[Br-]. The Morgan fingerprint density at radius 1 is 1.06 bits per heavy atom. The minimum atomic E-state index is 0. The second kappa shape index (κ2) is 6.69. The number of anilines is 1. The van der Waals surface area contributed by atoms with Crippen molar-refractivity contribution in [2.24, 2.45) is 4.99 Å². The van der Waals surface area contributed by atoms with E-state index in [4.69, 9.17) is 0 Å². The normalized spacial score (nSPS) is 15.7. The van der Waals surface area contributed by atoms with Crippen molar-refractivity contribution in [3.8, 4) is 0 Å². The van der Waals surface area contributed by atoms with E-state index < -0.39 is 0 Å². The number of nitrogens with zero attached hydrogens (tertiary/aromatic N) is 1. The van der Waals surface area contributed by atoms with Gasteiger partial charge >= 0.3 is 0 Å². The summed E-state index contributed by atoms with van der Waals surface area (Å²) >= 11 is 0. The molecule has 2 rings (SSSR count). The quantitative estimate of drug-likeness (QED) is 0.791. The van der Waals surface area contributed by atoms with Crippen molar-refractivity contribution >= 4 is 11.5 Å². The molecule has 0 fully saturated rings. The van der Waals surface area contributed by atoms with Gasteiger partial charge in [-0.25, -0.2) is 0 Å². The molecule has 1 N–H and O–H groups in total. The van der Waals surface area contributed by atoms with Gasteiger partial charge in [-0.05, 0) is 31.9 Å². The number of hydrogen-bond donors (Lipinski definition) is 1. The monoisotopic (exact) mass is 281 g/mol. The third-order valence-corrected chi connectivity index (χ3v) is 2.71. The highest BCUT2D eigenvalue weighted by Crippen LogP contribution is 2.12. The highest BCUT2D eigenvalue weighted by molar-refractivity contribution is 5.95. The van der Waals surface area contributed by atoms with Crippen LogP contribution in [0.4, 0.5) is 5.69 Å². The second-order valence-corrected chi connectivity index (χ2v) is 4.13. The van der Waals surface area contributed by atoms with Gasteiger partial charge < -0.3 is 22.3 Å². The van der Waals surface area contributed by atoms with E-state index in [0.29, 0.717) is 0 Å². The molecular formula is C13H18BrN2-. The number of amidine groups is 1. The molecule has 1 aromatic rings. The third-order valence-electron chi connectivity index (χ3n) is 2.71. The van der Waals surface area contributed by atoms with E-state index in [-0.39, 0.29) is 17.0 Å². The number of aryl methyl sites for hydroxylation is 1. The highest BCUT2D eigenvalue weighted by atomic mass is 79.9. The summed E-state index contributed by atoms with van der Waals surface area (Å²) in [5.41, 5.74) is 2.45. The maximum atomic E-state index is 4.55. The molecule has 3 heteroatoms. The van der Waals surface area contributed by atoms with Gasteiger partial charge in [0.25, 0.3) is 0 Å². The predicted molar refractivity (Wildman–Crippen MR) is 65.6 cm³/mol. The molecule has 0 unspecified atom stereocenters. The van der Waals surface area contributed by atoms with Gasteiger partial charge in [0.15, 0.2) is 0 Å². The Hall–Kier alpha value is -0.830. The van der Waals surface area contributed by atoms with Crippen molar-refractivity contribution in [2.75, 3.05) is 11.9 Å². The number of rotatable bonds is 1. The van der Waals surface area contributed by atoms with Crippen LogP contribution < -0.4 is 22.3 Å². The van der Waals surface area contributed by atoms with Crippen molar-refractivity contribution in [1.29, 1.82) is 0 Å². The molecule has 0 amide bonds. The number of nitrogens with one attached hydrogen (secondary N) is 1. The molecule has 0 spiro atoms. The minimum absolute atomic E-state index is 0. The van der Waals surface area contributed by atoms with Crippen molar-refractivity contribution in [3.05, 3.63) is 29.8 Å². The molecule has 0 aromatic heterocycles. The first kappa shape index (κ1) is 13.2. The van der Waals surface area contributed by atoms with Crippen LogP contribution in [0, 0.1) is 6.92 Å². The van der Waals surface area contributed by atoms with Crippen LogP contribution in [0.2, 0.25) is 0 Å². The Balaban J connectivity index is 0.00000128. The van der Waals surface area contributed by atoms with Crippen LogP contribution in [0.25, 0.3) is 0 Å². The largest absolute Gasteiger partial charge is 1.00 e. The molecule has 1 aromatic carbocycles. The highest BCUT2D eigenvalue weighted by Gasteiger charge is 2.03. The fourth-order valence-electron chi connectivity index (χ4n) is 1.78. The summed E-state index contributed by atoms with van der Waals surface area (Å²) in [4.78, 5) is 4.55. The summed E-state index contributed by atoms with van der Waals surface area (Å²) in [6.07, 6.45) is 4.90. The molecule has 2 nitrogen and oxygen atoms in total. The van der Waals surface area contributed by atoms with Gasteiger partial charge in [0.1, 0.15) is 5.84 Å². The van der Waals surface area contributed by atoms with Crippen LogP contribution in [0.15, 0.2) is 29.3 Å². The topological polar surface area (TPSA) is 24.4 Å². The first-order chi connectivity index (χ1) is 7.34. The van der Waals surface area contributed by atoms with Crippen molar-refractivity contribution < 1.29 is 17.0 Å². The molecule has 0 radical (unpaired) electrons. The summed E-state index contributed by atoms with van der Waals surface area (Å²) < 4.78 is 0. The Bertz CT molecular complexity index is 343. The fourth-order valence-corrected chi connectivity index (χ4v) is 1.78. The number of hydrogen-bond acceptors (Lipinski definition) is 2. The molecular weight excluding hydrogens is 264 g/mol. The molecule has 0 atom stereocenters. The zero-order valence-electron chi connectivity index (χ0n) is 9.67.